The molecule has 0 aromatic heterocycles. The predicted octanol–water partition coefficient (Wildman–Crippen LogP) is 2.72. The van der Waals surface area contributed by atoms with E-state index >= 15 is 0 Å². The first-order chi connectivity index (χ1) is 11.5. The molecule has 0 N–H and O–H groups in total. The number of benzene rings is 2. The number of nitrogens with zero attached hydrogens (tertiary/aromatic N) is 3. The van der Waals surface area contributed by atoms with Gasteiger partial charge < -0.3 is 4.90 Å². The van der Waals surface area contributed by atoms with Crippen molar-refractivity contribution in [1.82, 2.24) is 4.31 Å². The van der Waals surface area contributed by atoms with Gasteiger partial charge in [0.2, 0.25) is 10.0 Å². The third-order valence-electron chi connectivity index (χ3n) is 4.03. The molecule has 0 spiro atoms. The molecule has 0 radical (unpaired) electrons. The first kappa shape index (κ1) is 16.8. The van der Waals surface area contributed by atoms with Crippen LogP contribution in [0.25, 0.3) is 0 Å². The molecular formula is C17H16ClN3O2S. The fraction of sp³-hybridized carbons (Fsp3) is 0.235. The van der Waals surface area contributed by atoms with Crippen LogP contribution in [-0.4, -0.2) is 38.9 Å². The quantitative estimate of drug-likeness (QED) is 0.843. The molecule has 1 heterocycles. The van der Waals surface area contributed by atoms with Gasteiger partial charge >= 0.3 is 0 Å². The highest BCUT2D eigenvalue weighted by molar-refractivity contribution is 7.89. The molecule has 124 valence electrons. The molecular weight excluding hydrogens is 346 g/mol. The first-order valence-electron chi connectivity index (χ1n) is 7.51. The van der Waals surface area contributed by atoms with Crippen LogP contribution in [0.2, 0.25) is 5.02 Å². The number of piperazine rings is 1. The fourth-order valence-corrected chi connectivity index (χ4v) is 4.43. The Hall–Kier alpha value is -2.07. The maximum absolute atomic E-state index is 12.7. The van der Waals surface area contributed by atoms with E-state index in [0.29, 0.717) is 36.8 Å². The van der Waals surface area contributed by atoms with Gasteiger partial charge in [-0.3, -0.25) is 0 Å². The zero-order valence-electron chi connectivity index (χ0n) is 12.9. The second-order valence-electron chi connectivity index (χ2n) is 5.51. The Bertz CT molecular complexity index is 867. The molecule has 5 nitrogen and oxygen atoms in total. The Kier molecular flexibility index (Phi) is 4.76. The Labute approximate surface area is 146 Å². The van der Waals surface area contributed by atoms with Gasteiger partial charge in [-0.1, -0.05) is 17.7 Å². The molecule has 0 atom stereocenters. The lowest BCUT2D eigenvalue weighted by atomic mass is 10.2. The van der Waals surface area contributed by atoms with Crippen LogP contribution in [0.15, 0.2) is 53.4 Å². The van der Waals surface area contributed by atoms with Crippen molar-refractivity contribution in [1.29, 1.82) is 5.26 Å². The van der Waals surface area contributed by atoms with Gasteiger partial charge in [0.15, 0.2) is 0 Å². The van der Waals surface area contributed by atoms with Gasteiger partial charge in [-0.05, 0) is 42.5 Å². The van der Waals surface area contributed by atoms with E-state index in [1.807, 2.05) is 12.1 Å². The third kappa shape index (κ3) is 3.39. The summed E-state index contributed by atoms with van der Waals surface area (Å²) < 4.78 is 26.8. The maximum atomic E-state index is 12.7. The molecule has 0 saturated carbocycles. The van der Waals surface area contributed by atoms with E-state index in [0.717, 1.165) is 5.69 Å². The van der Waals surface area contributed by atoms with E-state index in [9.17, 15) is 8.42 Å². The number of hydrogen-bond donors (Lipinski definition) is 0. The highest BCUT2D eigenvalue weighted by Crippen LogP contribution is 2.23. The van der Waals surface area contributed by atoms with Gasteiger partial charge in [0.1, 0.15) is 0 Å². The minimum absolute atomic E-state index is 0.224. The number of hydrogen-bond acceptors (Lipinski definition) is 4. The van der Waals surface area contributed by atoms with Gasteiger partial charge in [0, 0.05) is 36.9 Å². The van der Waals surface area contributed by atoms with E-state index in [2.05, 4.69) is 11.0 Å². The summed E-state index contributed by atoms with van der Waals surface area (Å²) in [5, 5.41) is 9.25. The van der Waals surface area contributed by atoms with Crippen LogP contribution >= 0.6 is 11.6 Å². The van der Waals surface area contributed by atoms with Gasteiger partial charge in [0.25, 0.3) is 0 Å². The van der Waals surface area contributed by atoms with Crippen molar-refractivity contribution >= 4 is 27.3 Å². The molecule has 1 saturated heterocycles. The van der Waals surface area contributed by atoms with Crippen LogP contribution in [-0.2, 0) is 10.0 Å². The van der Waals surface area contributed by atoms with Crippen molar-refractivity contribution in [3.8, 4) is 6.07 Å². The molecule has 0 bridgehead atoms. The maximum Gasteiger partial charge on any atom is 0.243 e. The molecule has 7 heteroatoms. The largest absolute Gasteiger partial charge is 0.369 e. The number of anilines is 1. The van der Waals surface area contributed by atoms with Crippen molar-refractivity contribution in [2.24, 2.45) is 0 Å². The SMILES string of the molecule is N#Cc1ccc(N2CCN(S(=O)(=O)c3cccc(Cl)c3)CC2)cc1. The Morgan fingerprint density at radius 2 is 1.67 bits per heavy atom. The second-order valence-corrected chi connectivity index (χ2v) is 7.88. The summed E-state index contributed by atoms with van der Waals surface area (Å²) in [6, 6.07) is 15.7. The van der Waals surface area contributed by atoms with E-state index in [1.165, 1.54) is 10.4 Å². The van der Waals surface area contributed by atoms with Crippen LogP contribution < -0.4 is 4.90 Å². The zero-order valence-corrected chi connectivity index (χ0v) is 14.5. The molecule has 0 aliphatic carbocycles. The van der Waals surface area contributed by atoms with Crippen molar-refractivity contribution in [2.45, 2.75) is 4.90 Å². The minimum Gasteiger partial charge on any atom is -0.369 e. The fourth-order valence-electron chi connectivity index (χ4n) is 2.71. The summed E-state index contributed by atoms with van der Waals surface area (Å²) in [4.78, 5) is 2.34. The molecule has 2 aromatic carbocycles. The van der Waals surface area contributed by atoms with Crippen LogP contribution in [0.4, 0.5) is 5.69 Å². The number of sulfonamides is 1. The van der Waals surface area contributed by atoms with Crippen molar-refractivity contribution < 1.29 is 8.42 Å². The van der Waals surface area contributed by atoms with Gasteiger partial charge in [0.05, 0.1) is 16.5 Å². The van der Waals surface area contributed by atoms with Crippen LogP contribution in [0.5, 0.6) is 0 Å². The van der Waals surface area contributed by atoms with E-state index in [1.54, 1.807) is 30.3 Å². The van der Waals surface area contributed by atoms with E-state index in [4.69, 9.17) is 16.9 Å². The Balaban J connectivity index is 1.71. The molecule has 1 fully saturated rings. The lowest BCUT2D eigenvalue weighted by Gasteiger charge is -2.35. The molecule has 24 heavy (non-hydrogen) atoms. The highest BCUT2D eigenvalue weighted by Gasteiger charge is 2.28. The third-order valence-corrected chi connectivity index (χ3v) is 6.16. The molecule has 1 aliphatic rings. The summed E-state index contributed by atoms with van der Waals surface area (Å²) in [5.41, 5.74) is 1.61. The summed E-state index contributed by atoms with van der Waals surface area (Å²) >= 11 is 5.90. The smallest absolute Gasteiger partial charge is 0.243 e. The normalized spacial score (nSPS) is 15.9. The minimum atomic E-state index is -3.52. The molecule has 1 aliphatic heterocycles. The average molecular weight is 362 g/mol. The lowest BCUT2D eigenvalue weighted by molar-refractivity contribution is 0.385. The summed E-state index contributed by atoms with van der Waals surface area (Å²) in [6.45, 7) is 2.03. The van der Waals surface area contributed by atoms with Crippen molar-refractivity contribution in [2.75, 3.05) is 31.1 Å². The molecule has 0 amide bonds. The van der Waals surface area contributed by atoms with E-state index in [-0.39, 0.29) is 4.90 Å². The Morgan fingerprint density at radius 1 is 1.00 bits per heavy atom. The Morgan fingerprint density at radius 3 is 2.25 bits per heavy atom. The van der Waals surface area contributed by atoms with Gasteiger partial charge in [-0.15, -0.1) is 0 Å². The second kappa shape index (κ2) is 6.81. The first-order valence-corrected chi connectivity index (χ1v) is 9.33. The topological polar surface area (TPSA) is 64.4 Å². The standard InChI is InChI=1S/C17H16ClN3O2S/c18-15-2-1-3-17(12-15)24(22,23)21-10-8-20(9-11-21)16-6-4-14(13-19)5-7-16/h1-7,12H,8-11H2. The lowest BCUT2D eigenvalue weighted by Crippen LogP contribution is -2.48. The van der Waals surface area contributed by atoms with Crippen molar-refractivity contribution in [3.05, 3.63) is 59.1 Å². The highest BCUT2D eigenvalue weighted by atomic mass is 35.5. The predicted molar refractivity (Wildman–Crippen MR) is 93.6 cm³/mol. The van der Waals surface area contributed by atoms with Gasteiger partial charge in [-0.25, -0.2) is 8.42 Å². The van der Waals surface area contributed by atoms with Crippen LogP contribution in [0.1, 0.15) is 5.56 Å². The van der Waals surface area contributed by atoms with Crippen molar-refractivity contribution in [3.63, 3.8) is 0 Å². The number of rotatable bonds is 3. The number of nitriles is 1. The molecule has 3 rings (SSSR count). The zero-order chi connectivity index (χ0) is 17.2. The van der Waals surface area contributed by atoms with Gasteiger partial charge in [-0.2, -0.15) is 9.57 Å². The van der Waals surface area contributed by atoms with Crippen LogP contribution in [0.3, 0.4) is 0 Å². The van der Waals surface area contributed by atoms with Crippen LogP contribution in [0, 0.1) is 11.3 Å². The number of halogens is 1. The molecule has 2 aromatic rings. The van der Waals surface area contributed by atoms with E-state index < -0.39 is 10.0 Å². The molecule has 0 unspecified atom stereocenters. The average Bonchev–Trinajstić information content (AvgIpc) is 2.62. The monoisotopic (exact) mass is 361 g/mol. The summed E-state index contributed by atoms with van der Waals surface area (Å²) in [6.07, 6.45) is 0. The summed E-state index contributed by atoms with van der Waals surface area (Å²) in [5.74, 6) is 0. The summed E-state index contributed by atoms with van der Waals surface area (Å²) in [7, 11) is -3.52.